The number of aromatic nitrogens is 3. The fourth-order valence-electron chi connectivity index (χ4n) is 2.86. The highest BCUT2D eigenvalue weighted by molar-refractivity contribution is 5.34. The van der Waals surface area contributed by atoms with Gasteiger partial charge in [-0.15, -0.1) is 0 Å². The number of likely N-dealkylation sites (tertiary alicyclic amines) is 1. The Morgan fingerprint density at radius 1 is 1.37 bits per heavy atom. The van der Waals surface area contributed by atoms with E-state index in [1.807, 2.05) is 6.92 Å². The van der Waals surface area contributed by atoms with Gasteiger partial charge in [0.1, 0.15) is 0 Å². The summed E-state index contributed by atoms with van der Waals surface area (Å²) in [6.45, 7) is 7.05. The molecular formula is C14H21N5. The van der Waals surface area contributed by atoms with Gasteiger partial charge in [-0.3, -0.25) is 9.30 Å². The molecule has 3 rings (SSSR count). The molecule has 5 nitrogen and oxygen atoms in total. The fraction of sp³-hybridized carbons (Fsp3) is 0.571. The standard InChI is InChI=1S/C14H21N5/c1-10-6-11(2)19-9-13(17-14(19)16-10)8-18-5-3-4-12(15)7-18/h6,9,12H,3-5,7-8,15H2,1-2H3/t12-/m1/s1. The smallest absolute Gasteiger partial charge is 0.234 e. The Hall–Kier alpha value is -1.46. The van der Waals surface area contributed by atoms with Crippen LogP contribution in [-0.2, 0) is 6.54 Å². The lowest BCUT2D eigenvalue weighted by Gasteiger charge is -2.29. The highest BCUT2D eigenvalue weighted by atomic mass is 15.2. The monoisotopic (exact) mass is 259 g/mol. The minimum Gasteiger partial charge on any atom is -0.327 e. The number of imidazole rings is 1. The molecule has 102 valence electrons. The van der Waals surface area contributed by atoms with E-state index in [-0.39, 0.29) is 0 Å². The zero-order valence-electron chi connectivity index (χ0n) is 11.6. The van der Waals surface area contributed by atoms with Crippen molar-refractivity contribution in [3.63, 3.8) is 0 Å². The van der Waals surface area contributed by atoms with Gasteiger partial charge < -0.3 is 5.73 Å². The maximum Gasteiger partial charge on any atom is 0.234 e. The average molecular weight is 259 g/mol. The van der Waals surface area contributed by atoms with Crippen molar-refractivity contribution < 1.29 is 0 Å². The Kier molecular flexibility index (Phi) is 3.24. The van der Waals surface area contributed by atoms with Gasteiger partial charge in [0.15, 0.2) is 0 Å². The molecule has 1 aliphatic heterocycles. The molecule has 0 unspecified atom stereocenters. The van der Waals surface area contributed by atoms with Crippen LogP contribution in [0.3, 0.4) is 0 Å². The van der Waals surface area contributed by atoms with Gasteiger partial charge in [-0.05, 0) is 39.3 Å². The summed E-state index contributed by atoms with van der Waals surface area (Å²) in [4.78, 5) is 11.5. The summed E-state index contributed by atoms with van der Waals surface area (Å²) in [7, 11) is 0. The fourth-order valence-corrected chi connectivity index (χ4v) is 2.86. The van der Waals surface area contributed by atoms with Crippen molar-refractivity contribution in [3.8, 4) is 0 Å². The van der Waals surface area contributed by atoms with Crippen molar-refractivity contribution in [3.05, 3.63) is 29.3 Å². The third kappa shape index (κ3) is 2.62. The molecule has 1 atom stereocenters. The summed E-state index contributed by atoms with van der Waals surface area (Å²) in [6, 6.07) is 2.39. The minimum atomic E-state index is 0.313. The van der Waals surface area contributed by atoms with Crippen LogP contribution in [0.15, 0.2) is 12.3 Å². The van der Waals surface area contributed by atoms with Crippen molar-refractivity contribution >= 4 is 5.78 Å². The first-order chi connectivity index (χ1) is 9.11. The number of rotatable bonds is 2. The zero-order valence-corrected chi connectivity index (χ0v) is 11.6. The van der Waals surface area contributed by atoms with E-state index in [0.717, 1.165) is 43.2 Å². The Labute approximate surface area is 113 Å². The largest absolute Gasteiger partial charge is 0.327 e. The number of hydrogen-bond donors (Lipinski definition) is 1. The van der Waals surface area contributed by atoms with Crippen molar-refractivity contribution in [2.45, 2.75) is 39.3 Å². The zero-order chi connectivity index (χ0) is 13.4. The summed E-state index contributed by atoms with van der Waals surface area (Å²) >= 11 is 0. The normalized spacial score (nSPS) is 21.1. The van der Waals surface area contributed by atoms with Crippen LogP contribution in [0.4, 0.5) is 0 Å². The van der Waals surface area contributed by atoms with Gasteiger partial charge in [-0.2, -0.15) is 0 Å². The SMILES string of the molecule is Cc1cc(C)n2cc(CN3CCC[C@@H](N)C3)nc2n1. The first-order valence-electron chi connectivity index (χ1n) is 6.92. The highest BCUT2D eigenvalue weighted by Crippen LogP contribution is 2.14. The second kappa shape index (κ2) is 4.90. The van der Waals surface area contributed by atoms with Gasteiger partial charge in [0, 0.05) is 36.7 Å². The molecule has 0 bridgehead atoms. The molecule has 2 aromatic rings. The molecule has 0 aromatic carbocycles. The van der Waals surface area contributed by atoms with Gasteiger partial charge in [-0.25, -0.2) is 9.97 Å². The Balaban J connectivity index is 1.83. The van der Waals surface area contributed by atoms with Crippen LogP contribution in [0.25, 0.3) is 5.78 Å². The molecule has 0 amide bonds. The predicted molar refractivity (Wildman–Crippen MR) is 74.9 cm³/mol. The maximum atomic E-state index is 6.02. The number of piperidine rings is 1. The third-order valence-electron chi connectivity index (χ3n) is 3.74. The van der Waals surface area contributed by atoms with Crippen LogP contribution >= 0.6 is 0 Å². The molecule has 0 saturated carbocycles. The summed E-state index contributed by atoms with van der Waals surface area (Å²) in [5, 5.41) is 0. The number of fused-ring (bicyclic) bond motifs is 1. The molecule has 19 heavy (non-hydrogen) atoms. The quantitative estimate of drug-likeness (QED) is 0.882. The van der Waals surface area contributed by atoms with E-state index in [1.54, 1.807) is 0 Å². The van der Waals surface area contributed by atoms with Crippen molar-refractivity contribution in [2.75, 3.05) is 13.1 Å². The van der Waals surface area contributed by atoms with E-state index in [0.29, 0.717) is 6.04 Å². The van der Waals surface area contributed by atoms with E-state index < -0.39 is 0 Å². The predicted octanol–water partition coefficient (Wildman–Crippen LogP) is 1.27. The Morgan fingerprint density at radius 2 is 2.21 bits per heavy atom. The number of nitrogens with two attached hydrogens (primary N) is 1. The summed E-state index contributed by atoms with van der Waals surface area (Å²) in [5.41, 5.74) is 9.29. The first-order valence-corrected chi connectivity index (χ1v) is 6.92. The van der Waals surface area contributed by atoms with Gasteiger partial charge >= 0.3 is 0 Å². The van der Waals surface area contributed by atoms with E-state index in [9.17, 15) is 0 Å². The molecule has 5 heteroatoms. The Morgan fingerprint density at radius 3 is 3.00 bits per heavy atom. The highest BCUT2D eigenvalue weighted by Gasteiger charge is 2.18. The summed E-state index contributed by atoms with van der Waals surface area (Å²) in [5.74, 6) is 0.800. The van der Waals surface area contributed by atoms with E-state index >= 15 is 0 Å². The van der Waals surface area contributed by atoms with Crippen LogP contribution in [0, 0.1) is 13.8 Å². The molecule has 2 N–H and O–H groups in total. The van der Waals surface area contributed by atoms with Gasteiger partial charge in [0.25, 0.3) is 0 Å². The average Bonchev–Trinajstić information content (AvgIpc) is 2.71. The van der Waals surface area contributed by atoms with Crippen LogP contribution in [-0.4, -0.2) is 38.4 Å². The first kappa shape index (κ1) is 12.6. The Bertz CT molecular complexity index is 589. The van der Waals surface area contributed by atoms with Crippen molar-refractivity contribution in [2.24, 2.45) is 5.73 Å². The van der Waals surface area contributed by atoms with Crippen LogP contribution in [0.2, 0.25) is 0 Å². The number of nitrogens with zero attached hydrogens (tertiary/aromatic N) is 4. The molecule has 3 heterocycles. The van der Waals surface area contributed by atoms with E-state index in [4.69, 9.17) is 5.73 Å². The van der Waals surface area contributed by atoms with Crippen LogP contribution in [0.1, 0.15) is 29.9 Å². The minimum absolute atomic E-state index is 0.313. The number of hydrogen-bond acceptors (Lipinski definition) is 4. The second-order valence-corrected chi connectivity index (χ2v) is 5.58. The number of aryl methyl sites for hydroxylation is 2. The molecule has 0 aliphatic carbocycles. The topological polar surface area (TPSA) is 59.5 Å². The molecule has 1 fully saturated rings. The summed E-state index contributed by atoms with van der Waals surface area (Å²) < 4.78 is 2.06. The van der Waals surface area contributed by atoms with E-state index in [1.165, 1.54) is 12.1 Å². The lowest BCUT2D eigenvalue weighted by molar-refractivity contribution is 0.200. The van der Waals surface area contributed by atoms with Crippen LogP contribution < -0.4 is 5.73 Å². The molecule has 1 aliphatic rings. The maximum absolute atomic E-state index is 6.02. The summed E-state index contributed by atoms with van der Waals surface area (Å²) in [6.07, 6.45) is 4.42. The second-order valence-electron chi connectivity index (χ2n) is 5.58. The molecule has 0 spiro atoms. The van der Waals surface area contributed by atoms with E-state index in [2.05, 4.69) is 38.5 Å². The molecule has 1 saturated heterocycles. The van der Waals surface area contributed by atoms with Crippen molar-refractivity contribution in [1.29, 1.82) is 0 Å². The van der Waals surface area contributed by atoms with Crippen LogP contribution in [0.5, 0.6) is 0 Å². The third-order valence-corrected chi connectivity index (χ3v) is 3.74. The van der Waals surface area contributed by atoms with Gasteiger partial charge in [-0.1, -0.05) is 0 Å². The lowest BCUT2D eigenvalue weighted by atomic mass is 10.1. The van der Waals surface area contributed by atoms with Crippen molar-refractivity contribution in [1.82, 2.24) is 19.3 Å². The van der Waals surface area contributed by atoms with Gasteiger partial charge in [0.2, 0.25) is 5.78 Å². The van der Waals surface area contributed by atoms with Gasteiger partial charge in [0.05, 0.1) is 5.69 Å². The molecular weight excluding hydrogens is 238 g/mol. The molecule has 2 aromatic heterocycles. The molecule has 0 radical (unpaired) electrons. The lowest BCUT2D eigenvalue weighted by Crippen LogP contribution is -2.42.